The zero-order valence-electron chi connectivity index (χ0n) is 9.80. The van der Waals surface area contributed by atoms with Crippen molar-refractivity contribution in [2.75, 3.05) is 0 Å². The average Bonchev–Trinajstić information content (AvgIpc) is 2.11. The first-order chi connectivity index (χ1) is 7.25. The number of carbonyl (C=O) groups excluding carboxylic acids is 1. The van der Waals surface area contributed by atoms with Crippen LogP contribution >= 0.6 is 0 Å². The summed E-state index contributed by atoms with van der Waals surface area (Å²) >= 11 is 0. The lowest BCUT2D eigenvalue weighted by Crippen LogP contribution is -2.52. The van der Waals surface area contributed by atoms with Crippen molar-refractivity contribution in [3.63, 3.8) is 0 Å². The predicted molar refractivity (Wildman–Crippen MR) is 58.7 cm³/mol. The van der Waals surface area contributed by atoms with Crippen LogP contribution in [0.15, 0.2) is 0 Å². The standard InChI is InChI=1S/C10H20N2O4/c1-5(2)4-7(11)9(14)12-8(6(3)13)10(15)16/h5-8,13H,4,11H2,1-3H3,(H,12,14)(H,15,16). The van der Waals surface area contributed by atoms with Crippen LogP contribution in [0.5, 0.6) is 0 Å². The molecule has 0 aliphatic rings. The lowest BCUT2D eigenvalue weighted by atomic mass is 10.0. The Morgan fingerprint density at radius 2 is 1.81 bits per heavy atom. The van der Waals surface area contributed by atoms with Gasteiger partial charge in [-0.2, -0.15) is 0 Å². The minimum Gasteiger partial charge on any atom is -0.480 e. The van der Waals surface area contributed by atoms with Gasteiger partial charge >= 0.3 is 5.97 Å². The fraction of sp³-hybridized carbons (Fsp3) is 0.800. The monoisotopic (exact) mass is 232 g/mol. The van der Waals surface area contributed by atoms with Crippen molar-refractivity contribution >= 4 is 11.9 Å². The maximum atomic E-state index is 11.5. The van der Waals surface area contributed by atoms with E-state index >= 15 is 0 Å². The Morgan fingerprint density at radius 3 is 2.12 bits per heavy atom. The van der Waals surface area contributed by atoms with Crippen molar-refractivity contribution in [1.29, 1.82) is 0 Å². The number of nitrogens with one attached hydrogen (secondary N) is 1. The van der Waals surface area contributed by atoms with Crippen LogP contribution in [0.25, 0.3) is 0 Å². The van der Waals surface area contributed by atoms with Gasteiger partial charge in [-0.05, 0) is 19.3 Å². The zero-order chi connectivity index (χ0) is 12.9. The number of carboxylic acid groups (broad SMARTS) is 1. The van der Waals surface area contributed by atoms with Crippen molar-refractivity contribution in [3.8, 4) is 0 Å². The summed E-state index contributed by atoms with van der Waals surface area (Å²) < 4.78 is 0. The zero-order valence-corrected chi connectivity index (χ0v) is 9.80. The van der Waals surface area contributed by atoms with Gasteiger partial charge in [0.1, 0.15) is 0 Å². The topological polar surface area (TPSA) is 113 Å². The molecule has 0 saturated carbocycles. The summed E-state index contributed by atoms with van der Waals surface area (Å²) in [5.74, 6) is -1.59. The number of aliphatic hydroxyl groups is 1. The highest BCUT2D eigenvalue weighted by molar-refractivity contribution is 5.87. The van der Waals surface area contributed by atoms with Crippen LogP contribution in [-0.4, -0.2) is 40.3 Å². The maximum Gasteiger partial charge on any atom is 0.328 e. The molecule has 6 heteroatoms. The summed E-state index contributed by atoms with van der Waals surface area (Å²) in [6.07, 6.45) is -0.689. The van der Waals surface area contributed by atoms with E-state index in [1.807, 2.05) is 13.8 Å². The van der Waals surface area contributed by atoms with Gasteiger partial charge in [-0.15, -0.1) is 0 Å². The smallest absolute Gasteiger partial charge is 0.328 e. The SMILES string of the molecule is CC(C)CC(N)C(=O)NC(C(=O)O)C(C)O. The van der Waals surface area contributed by atoms with Crippen LogP contribution in [0.3, 0.4) is 0 Å². The van der Waals surface area contributed by atoms with Crippen molar-refractivity contribution < 1.29 is 19.8 Å². The molecule has 0 bridgehead atoms. The Morgan fingerprint density at radius 1 is 1.31 bits per heavy atom. The van der Waals surface area contributed by atoms with E-state index in [0.29, 0.717) is 6.42 Å². The number of carboxylic acids is 1. The van der Waals surface area contributed by atoms with Crippen molar-refractivity contribution in [1.82, 2.24) is 5.32 Å². The molecule has 0 aromatic carbocycles. The molecule has 94 valence electrons. The molecule has 1 amide bonds. The summed E-state index contributed by atoms with van der Waals surface area (Å²) in [7, 11) is 0. The first kappa shape index (κ1) is 14.9. The molecule has 3 unspecified atom stereocenters. The van der Waals surface area contributed by atoms with Gasteiger partial charge in [-0.25, -0.2) is 4.79 Å². The summed E-state index contributed by atoms with van der Waals surface area (Å²) in [6.45, 7) is 5.13. The number of nitrogens with two attached hydrogens (primary N) is 1. The number of amides is 1. The van der Waals surface area contributed by atoms with Gasteiger partial charge in [-0.3, -0.25) is 4.79 Å². The van der Waals surface area contributed by atoms with E-state index in [-0.39, 0.29) is 5.92 Å². The highest BCUT2D eigenvalue weighted by atomic mass is 16.4. The molecule has 0 aliphatic carbocycles. The van der Waals surface area contributed by atoms with Crippen LogP contribution in [0.4, 0.5) is 0 Å². The molecule has 0 radical (unpaired) electrons. The second-order valence-electron chi connectivity index (χ2n) is 4.30. The molecule has 0 rings (SSSR count). The average molecular weight is 232 g/mol. The minimum atomic E-state index is -1.31. The van der Waals surface area contributed by atoms with E-state index in [9.17, 15) is 9.59 Å². The molecule has 5 N–H and O–H groups in total. The van der Waals surface area contributed by atoms with Gasteiger partial charge in [0.05, 0.1) is 12.1 Å². The molecule has 0 spiro atoms. The van der Waals surface area contributed by atoms with Gasteiger partial charge in [0.15, 0.2) is 6.04 Å². The molecule has 6 nitrogen and oxygen atoms in total. The molecule has 0 aromatic rings. The summed E-state index contributed by atoms with van der Waals surface area (Å²) in [6, 6.07) is -2.06. The number of aliphatic carboxylic acids is 1. The molecule has 0 fully saturated rings. The van der Waals surface area contributed by atoms with Crippen LogP contribution in [-0.2, 0) is 9.59 Å². The second-order valence-corrected chi connectivity index (χ2v) is 4.30. The first-order valence-corrected chi connectivity index (χ1v) is 5.22. The van der Waals surface area contributed by atoms with Crippen LogP contribution in [0.1, 0.15) is 27.2 Å². The van der Waals surface area contributed by atoms with Gasteiger partial charge in [0, 0.05) is 0 Å². The van der Waals surface area contributed by atoms with E-state index in [4.69, 9.17) is 15.9 Å². The molecule has 0 aliphatic heterocycles. The molecule has 0 aromatic heterocycles. The van der Waals surface area contributed by atoms with E-state index in [1.54, 1.807) is 0 Å². The summed E-state index contributed by atoms with van der Waals surface area (Å²) in [5.41, 5.74) is 5.58. The highest BCUT2D eigenvalue weighted by Gasteiger charge is 2.27. The normalized spacial score (nSPS) is 16.6. The third kappa shape index (κ3) is 5.09. The van der Waals surface area contributed by atoms with Crippen molar-refractivity contribution in [2.45, 2.75) is 45.4 Å². The number of hydrogen-bond acceptors (Lipinski definition) is 4. The Labute approximate surface area is 94.8 Å². The molecule has 3 atom stereocenters. The van der Waals surface area contributed by atoms with Crippen molar-refractivity contribution in [2.24, 2.45) is 11.7 Å². The van der Waals surface area contributed by atoms with Gasteiger partial charge in [0.2, 0.25) is 5.91 Å². The Kier molecular flexibility index (Phi) is 5.98. The minimum absolute atomic E-state index is 0.246. The van der Waals surface area contributed by atoms with E-state index in [1.165, 1.54) is 6.92 Å². The largest absolute Gasteiger partial charge is 0.480 e. The lowest BCUT2D eigenvalue weighted by Gasteiger charge is -2.20. The van der Waals surface area contributed by atoms with Crippen molar-refractivity contribution in [3.05, 3.63) is 0 Å². The van der Waals surface area contributed by atoms with E-state index in [2.05, 4.69) is 5.32 Å². The van der Waals surface area contributed by atoms with Crippen LogP contribution in [0.2, 0.25) is 0 Å². The fourth-order valence-corrected chi connectivity index (χ4v) is 1.26. The Bertz CT molecular complexity index is 253. The quantitative estimate of drug-likeness (QED) is 0.484. The predicted octanol–water partition coefficient (Wildman–Crippen LogP) is -0.690. The maximum absolute atomic E-state index is 11.5. The second kappa shape index (κ2) is 6.44. The molecule has 16 heavy (non-hydrogen) atoms. The van der Waals surface area contributed by atoms with E-state index < -0.39 is 30.1 Å². The van der Waals surface area contributed by atoms with Gasteiger partial charge < -0.3 is 21.3 Å². The van der Waals surface area contributed by atoms with Crippen LogP contribution < -0.4 is 11.1 Å². The van der Waals surface area contributed by atoms with E-state index in [0.717, 1.165) is 0 Å². The molecular formula is C10H20N2O4. The summed E-state index contributed by atoms with van der Waals surface area (Å²) in [4.78, 5) is 22.2. The molecule has 0 saturated heterocycles. The fourth-order valence-electron chi connectivity index (χ4n) is 1.26. The summed E-state index contributed by atoms with van der Waals surface area (Å²) in [5, 5.41) is 20.1. The third-order valence-electron chi connectivity index (χ3n) is 2.11. The van der Waals surface area contributed by atoms with Gasteiger partial charge in [-0.1, -0.05) is 13.8 Å². The molecular weight excluding hydrogens is 212 g/mol. The Balaban J connectivity index is 4.35. The lowest BCUT2D eigenvalue weighted by molar-refractivity contribution is -0.145. The number of carbonyl (C=O) groups is 2. The van der Waals surface area contributed by atoms with Gasteiger partial charge in [0.25, 0.3) is 0 Å². The first-order valence-electron chi connectivity index (χ1n) is 5.22. The number of aliphatic hydroxyl groups excluding tert-OH is 1. The highest BCUT2D eigenvalue weighted by Crippen LogP contribution is 2.03. The molecule has 0 heterocycles. The Hall–Kier alpha value is -1.14. The third-order valence-corrected chi connectivity index (χ3v) is 2.11. The van der Waals surface area contributed by atoms with Crippen LogP contribution in [0, 0.1) is 5.92 Å². The number of rotatable bonds is 6. The number of hydrogen-bond donors (Lipinski definition) is 4.